The van der Waals surface area contributed by atoms with Crippen molar-refractivity contribution in [2.75, 3.05) is 13.2 Å². The van der Waals surface area contributed by atoms with Gasteiger partial charge in [-0.15, -0.1) is 0 Å². The molecule has 0 aliphatic rings. The maximum Gasteiger partial charge on any atom is 0.232 e. The van der Waals surface area contributed by atoms with Crippen LogP contribution in [0.1, 0.15) is 0 Å². The molecule has 0 aliphatic carbocycles. The molecule has 1 heterocycles. The summed E-state index contributed by atoms with van der Waals surface area (Å²) in [5, 5.41) is 8.60. The number of aromatic nitrogens is 2. The van der Waals surface area contributed by atoms with E-state index in [-0.39, 0.29) is 13.2 Å². The summed E-state index contributed by atoms with van der Waals surface area (Å²) in [6.45, 7) is 0.201. The van der Waals surface area contributed by atoms with Crippen LogP contribution < -0.4 is 4.74 Å². The van der Waals surface area contributed by atoms with Gasteiger partial charge in [-0.3, -0.25) is 0 Å². The van der Waals surface area contributed by atoms with E-state index < -0.39 is 0 Å². The number of ether oxygens (including phenoxy) is 1. The van der Waals surface area contributed by atoms with Gasteiger partial charge in [-0.25, -0.2) is 9.97 Å². The molecule has 0 unspecified atom stereocenters. The average Bonchev–Trinajstić information content (AvgIpc) is 2.25. The van der Waals surface area contributed by atoms with Gasteiger partial charge in [-0.1, -0.05) is 15.9 Å². The first kappa shape index (κ1) is 10.3. The van der Waals surface area contributed by atoms with E-state index in [1.807, 2.05) is 18.2 Å². The molecule has 5 heteroatoms. The first-order valence-corrected chi connectivity index (χ1v) is 5.25. The Hall–Kier alpha value is -1.20. The number of halogens is 1. The summed E-state index contributed by atoms with van der Waals surface area (Å²) in [5.41, 5.74) is 1.58. The summed E-state index contributed by atoms with van der Waals surface area (Å²) in [7, 11) is 0. The molecule has 0 saturated carbocycles. The molecule has 1 aromatic heterocycles. The molecule has 0 atom stereocenters. The number of hydrogen-bond acceptors (Lipinski definition) is 4. The highest BCUT2D eigenvalue weighted by Gasteiger charge is 2.00. The van der Waals surface area contributed by atoms with Crippen LogP contribution in [0, 0.1) is 0 Å². The Balaban J connectivity index is 2.36. The molecule has 0 amide bonds. The predicted molar refractivity (Wildman–Crippen MR) is 59.8 cm³/mol. The van der Waals surface area contributed by atoms with Crippen molar-refractivity contribution in [2.45, 2.75) is 0 Å². The Kier molecular flexibility index (Phi) is 3.13. The van der Waals surface area contributed by atoms with E-state index >= 15 is 0 Å². The number of aliphatic hydroxyl groups is 1. The predicted octanol–water partition coefficient (Wildman–Crippen LogP) is 1.76. The molecule has 0 radical (unpaired) electrons. The van der Waals surface area contributed by atoms with Crippen LogP contribution in [-0.4, -0.2) is 28.3 Å². The second-order valence-electron chi connectivity index (χ2n) is 2.91. The molecule has 0 bridgehead atoms. The molecule has 0 fully saturated rings. The van der Waals surface area contributed by atoms with Crippen LogP contribution in [0.4, 0.5) is 0 Å². The summed E-state index contributed by atoms with van der Waals surface area (Å²) in [6, 6.07) is 5.65. The Morgan fingerprint density at radius 3 is 3.00 bits per heavy atom. The standard InChI is InChI=1S/C10H9BrN2O2/c11-7-1-2-8-9(5-7)13-10(6-12-8)15-4-3-14/h1-2,5-6,14H,3-4H2. The molecular formula is C10H9BrN2O2. The van der Waals surface area contributed by atoms with Crippen LogP contribution in [0.15, 0.2) is 28.9 Å². The van der Waals surface area contributed by atoms with Crippen molar-refractivity contribution in [2.24, 2.45) is 0 Å². The number of nitrogens with zero attached hydrogens (tertiary/aromatic N) is 2. The third-order valence-electron chi connectivity index (χ3n) is 1.82. The van der Waals surface area contributed by atoms with Crippen molar-refractivity contribution in [1.82, 2.24) is 9.97 Å². The highest BCUT2D eigenvalue weighted by atomic mass is 79.9. The van der Waals surface area contributed by atoms with E-state index in [9.17, 15) is 0 Å². The lowest BCUT2D eigenvalue weighted by Crippen LogP contribution is -2.03. The first-order chi connectivity index (χ1) is 7.29. The van der Waals surface area contributed by atoms with E-state index in [0.717, 1.165) is 15.5 Å². The van der Waals surface area contributed by atoms with Crippen molar-refractivity contribution < 1.29 is 9.84 Å². The quantitative estimate of drug-likeness (QED) is 0.922. The van der Waals surface area contributed by atoms with Gasteiger partial charge in [0.15, 0.2) is 0 Å². The smallest absolute Gasteiger partial charge is 0.232 e. The molecular weight excluding hydrogens is 260 g/mol. The van der Waals surface area contributed by atoms with Gasteiger partial charge in [0.05, 0.1) is 23.8 Å². The summed E-state index contributed by atoms with van der Waals surface area (Å²) >= 11 is 3.36. The van der Waals surface area contributed by atoms with Crippen LogP contribution in [0.5, 0.6) is 5.88 Å². The summed E-state index contributed by atoms with van der Waals surface area (Å²) in [4.78, 5) is 8.43. The van der Waals surface area contributed by atoms with Gasteiger partial charge in [-0.05, 0) is 18.2 Å². The molecule has 0 spiro atoms. The van der Waals surface area contributed by atoms with Gasteiger partial charge >= 0.3 is 0 Å². The highest BCUT2D eigenvalue weighted by molar-refractivity contribution is 9.10. The molecule has 4 nitrogen and oxygen atoms in total. The lowest BCUT2D eigenvalue weighted by Gasteiger charge is -2.03. The second kappa shape index (κ2) is 4.55. The maximum absolute atomic E-state index is 8.60. The Bertz CT molecular complexity index is 476. The largest absolute Gasteiger partial charge is 0.474 e. The molecule has 0 saturated heterocycles. The molecule has 78 valence electrons. The van der Waals surface area contributed by atoms with E-state index in [1.165, 1.54) is 0 Å². The number of fused-ring (bicyclic) bond motifs is 1. The molecule has 2 rings (SSSR count). The molecule has 2 aromatic rings. The minimum atomic E-state index is -0.0296. The maximum atomic E-state index is 8.60. The van der Waals surface area contributed by atoms with Crippen molar-refractivity contribution >= 4 is 27.0 Å². The highest BCUT2D eigenvalue weighted by Crippen LogP contribution is 2.18. The Morgan fingerprint density at radius 2 is 2.20 bits per heavy atom. The fraction of sp³-hybridized carbons (Fsp3) is 0.200. The van der Waals surface area contributed by atoms with Gasteiger partial charge in [-0.2, -0.15) is 0 Å². The molecule has 1 aromatic carbocycles. The minimum Gasteiger partial charge on any atom is -0.474 e. The zero-order valence-electron chi connectivity index (χ0n) is 7.85. The van der Waals surface area contributed by atoms with Gasteiger partial charge in [0.1, 0.15) is 6.61 Å². The Morgan fingerprint density at radius 1 is 1.33 bits per heavy atom. The monoisotopic (exact) mass is 268 g/mol. The number of benzene rings is 1. The summed E-state index contributed by atoms with van der Waals surface area (Å²) in [5.74, 6) is 0.426. The van der Waals surface area contributed by atoms with Gasteiger partial charge in [0.25, 0.3) is 0 Å². The third kappa shape index (κ3) is 2.43. The van der Waals surface area contributed by atoms with Crippen molar-refractivity contribution in [1.29, 1.82) is 0 Å². The zero-order valence-corrected chi connectivity index (χ0v) is 9.44. The van der Waals surface area contributed by atoms with Gasteiger partial charge < -0.3 is 9.84 Å². The van der Waals surface area contributed by atoms with Crippen LogP contribution in [-0.2, 0) is 0 Å². The van der Waals surface area contributed by atoms with Crippen LogP contribution in [0.3, 0.4) is 0 Å². The third-order valence-corrected chi connectivity index (χ3v) is 2.32. The zero-order chi connectivity index (χ0) is 10.7. The minimum absolute atomic E-state index is 0.0296. The van der Waals surface area contributed by atoms with Crippen LogP contribution in [0.25, 0.3) is 11.0 Å². The Labute approximate surface area is 95.1 Å². The second-order valence-corrected chi connectivity index (χ2v) is 3.83. The SMILES string of the molecule is OCCOc1cnc2ccc(Br)cc2n1. The van der Waals surface area contributed by atoms with E-state index in [4.69, 9.17) is 9.84 Å². The van der Waals surface area contributed by atoms with E-state index in [2.05, 4.69) is 25.9 Å². The van der Waals surface area contributed by atoms with E-state index in [0.29, 0.717) is 5.88 Å². The van der Waals surface area contributed by atoms with Gasteiger partial charge in [0.2, 0.25) is 5.88 Å². The number of hydrogen-bond donors (Lipinski definition) is 1. The lowest BCUT2D eigenvalue weighted by atomic mass is 10.3. The van der Waals surface area contributed by atoms with Crippen molar-refractivity contribution in [3.8, 4) is 5.88 Å². The van der Waals surface area contributed by atoms with Crippen LogP contribution in [0.2, 0.25) is 0 Å². The first-order valence-electron chi connectivity index (χ1n) is 4.45. The van der Waals surface area contributed by atoms with Crippen LogP contribution >= 0.6 is 15.9 Å². The van der Waals surface area contributed by atoms with Gasteiger partial charge in [0, 0.05) is 4.47 Å². The van der Waals surface area contributed by atoms with E-state index in [1.54, 1.807) is 6.20 Å². The molecule has 0 aliphatic heterocycles. The topological polar surface area (TPSA) is 55.2 Å². The number of rotatable bonds is 3. The molecule has 15 heavy (non-hydrogen) atoms. The van der Waals surface area contributed by atoms with Crippen molar-refractivity contribution in [3.63, 3.8) is 0 Å². The fourth-order valence-electron chi connectivity index (χ4n) is 1.19. The van der Waals surface area contributed by atoms with Crippen molar-refractivity contribution in [3.05, 3.63) is 28.9 Å². The number of aliphatic hydroxyl groups excluding tert-OH is 1. The summed E-state index contributed by atoms with van der Waals surface area (Å²) < 4.78 is 6.11. The summed E-state index contributed by atoms with van der Waals surface area (Å²) in [6.07, 6.45) is 1.55. The average molecular weight is 269 g/mol. The lowest BCUT2D eigenvalue weighted by molar-refractivity contribution is 0.196. The fourth-order valence-corrected chi connectivity index (χ4v) is 1.54. The normalized spacial score (nSPS) is 10.5. The molecule has 1 N–H and O–H groups in total.